The van der Waals surface area contributed by atoms with Crippen molar-refractivity contribution in [3.05, 3.63) is 46.9 Å². The Morgan fingerprint density at radius 1 is 1.00 bits per heavy atom. The van der Waals surface area contributed by atoms with Gasteiger partial charge in [-0.05, 0) is 22.0 Å². The second-order valence-electron chi connectivity index (χ2n) is 6.95. The quantitative estimate of drug-likeness (QED) is 0.739. The number of hydrogen-bond donors (Lipinski definition) is 0. The van der Waals surface area contributed by atoms with Crippen LogP contribution in [0.3, 0.4) is 0 Å². The normalized spacial score (nSPS) is 14.3. The minimum absolute atomic E-state index is 0.0177. The molecule has 0 aliphatic heterocycles. The van der Waals surface area contributed by atoms with Crippen LogP contribution in [0.2, 0.25) is 0 Å². The van der Waals surface area contributed by atoms with Crippen molar-refractivity contribution in [2.75, 3.05) is 0 Å². The van der Waals surface area contributed by atoms with Crippen molar-refractivity contribution in [1.82, 2.24) is 0 Å². The Bertz CT molecular complexity index is 500. The van der Waals surface area contributed by atoms with Crippen LogP contribution in [-0.2, 0) is 11.0 Å². The molecule has 110 valence electrons. The number of nitrogens with zero attached hydrogens (tertiary/aromatic N) is 1. The Labute approximate surface area is 125 Å². The molecule has 0 N–H and O–H groups in total. The van der Waals surface area contributed by atoms with Gasteiger partial charge in [-0.2, -0.15) is 4.40 Å². The van der Waals surface area contributed by atoms with Gasteiger partial charge in [0.25, 0.3) is 0 Å². The van der Waals surface area contributed by atoms with Crippen molar-refractivity contribution in [2.45, 2.75) is 41.5 Å². The Morgan fingerprint density at radius 3 is 1.95 bits per heavy atom. The smallest absolute Gasteiger partial charge is 0.165 e. The van der Waals surface area contributed by atoms with Crippen LogP contribution in [0.5, 0.6) is 0 Å². The Hall–Kier alpha value is -1.22. The summed E-state index contributed by atoms with van der Waals surface area (Å²) in [6.07, 6.45) is 1.66. The predicted molar refractivity (Wildman–Crippen MR) is 89.2 cm³/mol. The maximum Gasteiger partial charge on any atom is 0.165 e. The molecule has 0 heterocycles. The number of allylic oxidation sites excluding steroid dienone is 1. The number of hydrogen-bond acceptors (Lipinski definition) is 1. The van der Waals surface area contributed by atoms with E-state index in [1.54, 1.807) is 11.6 Å². The standard InChI is InChI=1S/C17H25NOS/c1-16(2,3)15(17(4,5)6)13-20(19)18-12-14-10-8-7-9-11-14/h7-13H,1-6H3/b18-12+. The van der Waals surface area contributed by atoms with Gasteiger partial charge in [0, 0.05) is 11.6 Å². The molecule has 1 unspecified atom stereocenters. The number of rotatable bonds is 3. The molecule has 0 saturated heterocycles. The van der Waals surface area contributed by atoms with Crippen molar-refractivity contribution in [1.29, 1.82) is 0 Å². The summed E-state index contributed by atoms with van der Waals surface area (Å²) in [5.41, 5.74) is 2.09. The van der Waals surface area contributed by atoms with Gasteiger partial charge in [0.1, 0.15) is 0 Å². The van der Waals surface area contributed by atoms with E-state index in [1.165, 1.54) is 0 Å². The van der Waals surface area contributed by atoms with Crippen molar-refractivity contribution >= 4 is 17.2 Å². The maximum atomic E-state index is 12.2. The topological polar surface area (TPSA) is 29.4 Å². The largest absolute Gasteiger partial charge is 0.230 e. The highest BCUT2D eigenvalue weighted by Gasteiger charge is 2.28. The van der Waals surface area contributed by atoms with E-state index in [2.05, 4.69) is 45.9 Å². The number of benzene rings is 1. The fraction of sp³-hybridized carbons (Fsp3) is 0.471. The molecule has 0 aliphatic rings. The summed E-state index contributed by atoms with van der Waals surface area (Å²) >= 11 is 0. The molecular formula is C17H25NOS. The molecule has 1 atom stereocenters. The molecule has 0 bridgehead atoms. The first-order chi connectivity index (χ1) is 9.10. The van der Waals surface area contributed by atoms with Crippen LogP contribution in [0.4, 0.5) is 0 Å². The maximum absolute atomic E-state index is 12.2. The summed E-state index contributed by atoms with van der Waals surface area (Å²) in [4.78, 5) is 0. The summed E-state index contributed by atoms with van der Waals surface area (Å²) in [5, 5.41) is 1.79. The van der Waals surface area contributed by atoms with Crippen molar-refractivity contribution in [3.63, 3.8) is 0 Å². The first kappa shape index (κ1) is 16.8. The van der Waals surface area contributed by atoms with Gasteiger partial charge in [0.15, 0.2) is 11.0 Å². The zero-order valence-corrected chi connectivity index (χ0v) is 14.1. The molecule has 0 aromatic heterocycles. The van der Waals surface area contributed by atoms with Crippen LogP contribution in [0.1, 0.15) is 47.1 Å². The fourth-order valence-electron chi connectivity index (χ4n) is 2.26. The van der Waals surface area contributed by atoms with Crippen LogP contribution < -0.4 is 0 Å². The lowest BCUT2D eigenvalue weighted by Crippen LogP contribution is -2.22. The third-order valence-electron chi connectivity index (χ3n) is 2.94. The third kappa shape index (κ3) is 5.41. The molecule has 1 rings (SSSR count). The molecule has 0 radical (unpaired) electrons. The Morgan fingerprint density at radius 2 is 1.50 bits per heavy atom. The van der Waals surface area contributed by atoms with Crippen molar-refractivity contribution in [3.8, 4) is 0 Å². The second-order valence-corrected chi connectivity index (χ2v) is 7.95. The van der Waals surface area contributed by atoms with Crippen molar-refractivity contribution in [2.24, 2.45) is 15.2 Å². The highest BCUT2D eigenvalue weighted by Crippen LogP contribution is 2.39. The van der Waals surface area contributed by atoms with Gasteiger partial charge >= 0.3 is 0 Å². The van der Waals surface area contributed by atoms with E-state index in [0.717, 1.165) is 11.1 Å². The summed E-state index contributed by atoms with van der Waals surface area (Å²) in [6.45, 7) is 12.8. The first-order valence-corrected chi connectivity index (χ1v) is 8.00. The summed E-state index contributed by atoms with van der Waals surface area (Å²) < 4.78 is 16.3. The van der Waals surface area contributed by atoms with Crippen LogP contribution in [-0.4, -0.2) is 10.4 Å². The van der Waals surface area contributed by atoms with Crippen LogP contribution >= 0.6 is 0 Å². The lowest BCUT2D eigenvalue weighted by molar-refractivity contribution is 0.363. The molecule has 20 heavy (non-hydrogen) atoms. The van der Waals surface area contributed by atoms with Gasteiger partial charge in [-0.3, -0.25) is 0 Å². The summed E-state index contributed by atoms with van der Waals surface area (Å²) in [7, 11) is -1.34. The van der Waals surface area contributed by atoms with Gasteiger partial charge in [-0.1, -0.05) is 71.9 Å². The van der Waals surface area contributed by atoms with E-state index in [4.69, 9.17) is 0 Å². The van der Waals surface area contributed by atoms with E-state index in [0.29, 0.717) is 0 Å². The van der Waals surface area contributed by atoms with Gasteiger partial charge < -0.3 is 0 Å². The highest BCUT2D eigenvalue weighted by atomic mass is 32.2. The first-order valence-electron chi connectivity index (χ1n) is 6.83. The third-order valence-corrected chi connectivity index (χ3v) is 3.69. The zero-order valence-electron chi connectivity index (χ0n) is 13.3. The van der Waals surface area contributed by atoms with E-state index >= 15 is 0 Å². The monoisotopic (exact) mass is 291 g/mol. The van der Waals surface area contributed by atoms with Crippen molar-refractivity contribution < 1.29 is 4.21 Å². The van der Waals surface area contributed by atoms with Gasteiger partial charge in [-0.15, -0.1) is 0 Å². The van der Waals surface area contributed by atoms with Crippen LogP contribution in [0, 0.1) is 10.8 Å². The summed E-state index contributed by atoms with van der Waals surface area (Å²) in [5.74, 6) is 0. The molecule has 3 heteroatoms. The molecule has 0 spiro atoms. The fourth-order valence-corrected chi connectivity index (χ4v) is 3.46. The predicted octanol–water partition coefficient (Wildman–Crippen LogP) is 4.75. The molecular weight excluding hydrogens is 266 g/mol. The average molecular weight is 291 g/mol. The van der Waals surface area contributed by atoms with E-state index in [-0.39, 0.29) is 10.8 Å². The van der Waals surface area contributed by atoms with Gasteiger partial charge in [0.2, 0.25) is 0 Å². The molecule has 1 aromatic rings. The van der Waals surface area contributed by atoms with E-state index in [1.807, 2.05) is 30.3 Å². The van der Waals surface area contributed by atoms with Gasteiger partial charge in [0.05, 0.1) is 0 Å². The van der Waals surface area contributed by atoms with Gasteiger partial charge in [-0.25, -0.2) is 4.21 Å². The van der Waals surface area contributed by atoms with E-state index < -0.39 is 11.0 Å². The lowest BCUT2D eigenvalue weighted by Gasteiger charge is -2.33. The Kier molecular flexibility index (Phi) is 5.46. The molecule has 2 nitrogen and oxygen atoms in total. The molecule has 0 fully saturated rings. The molecule has 0 saturated carbocycles. The van der Waals surface area contributed by atoms with E-state index in [9.17, 15) is 4.21 Å². The van der Waals surface area contributed by atoms with Crippen LogP contribution in [0.25, 0.3) is 0 Å². The minimum atomic E-state index is -1.34. The second kappa shape index (κ2) is 6.49. The Balaban J connectivity index is 2.96. The lowest BCUT2D eigenvalue weighted by atomic mass is 9.73. The molecule has 1 aromatic carbocycles. The summed E-state index contributed by atoms with van der Waals surface area (Å²) in [6, 6.07) is 9.72. The molecule has 0 amide bonds. The SMILES string of the molecule is CC(C)(C)C(=CS(=O)/N=C/c1ccccc1)C(C)(C)C. The average Bonchev–Trinajstić information content (AvgIpc) is 2.32. The minimum Gasteiger partial charge on any atom is -0.230 e. The van der Waals surface area contributed by atoms with Crippen LogP contribution in [0.15, 0.2) is 45.7 Å². The zero-order chi connectivity index (χ0) is 15.4. The molecule has 0 aliphatic carbocycles. The highest BCUT2D eigenvalue weighted by molar-refractivity contribution is 7.86.